The average molecular weight is 431 g/mol. The summed E-state index contributed by atoms with van der Waals surface area (Å²) < 4.78 is 5.67. The minimum atomic E-state index is -0.582. The van der Waals surface area contributed by atoms with E-state index in [-0.39, 0.29) is 24.5 Å². The van der Waals surface area contributed by atoms with Gasteiger partial charge < -0.3 is 15.0 Å². The number of hydrogen-bond donors (Lipinski definition) is 1. The number of ether oxygens (including phenoxy) is 1. The number of carbonyl (C=O) groups excluding carboxylic acids is 2. The summed E-state index contributed by atoms with van der Waals surface area (Å²) in [5.74, 6) is 0.0383. The zero-order valence-corrected chi connectivity index (χ0v) is 18.9. The van der Waals surface area contributed by atoms with Crippen molar-refractivity contribution in [3.63, 3.8) is 0 Å². The van der Waals surface area contributed by atoms with Crippen LogP contribution in [0.5, 0.6) is 5.75 Å². The van der Waals surface area contributed by atoms with Crippen molar-refractivity contribution in [2.75, 3.05) is 6.61 Å². The quantitative estimate of drug-likeness (QED) is 0.591. The monoisotopic (exact) mass is 430 g/mol. The second kappa shape index (κ2) is 11.6. The summed E-state index contributed by atoms with van der Waals surface area (Å²) in [6.07, 6.45) is 1.33. The fourth-order valence-corrected chi connectivity index (χ4v) is 3.31. The topological polar surface area (TPSA) is 58.6 Å². The molecule has 0 aliphatic carbocycles. The Kier molecular flexibility index (Phi) is 9.18. The van der Waals surface area contributed by atoms with Gasteiger partial charge in [0, 0.05) is 12.6 Å². The number of nitrogens with zero attached hydrogens (tertiary/aromatic N) is 1. The van der Waals surface area contributed by atoms with Crippen LogP contribution in [0.3, 0.4) is 0 Å². The van der Waals surface area contributed by atoms with Crippen molar-refractivity contribution in [2.24, 2.45) is 0 Å². The third-order valence-corrected chi connectivity index (χ3v) is 5.49. The van der Waals surface area contributed by atoms with Gasteiger partial charge in [0.1, 0.15) is 11.8 Å². The van der Waals surface area contributed by atoms with Gasteiger partial charge in [0.25, 0.3) is 5.91 Å². The molecule has 0 unspecified atom stereocenters. The van der Waals surface area contributed by atoms with E-state index in [0.717, 1.165) is 17.5 Å². The molecule has 2 aromatic carbocycles. The van der Waals surface area contributed by atoms with Gasteiger partial charge >= 0.3 is 0 Å². The first-order valence-corrected chi connectivity index (χ1v) is 10.8. The van der Waals surface area contributed by atoms with Crippen LogP contribution in [0.4, 0.5) is 0 Å². The van der Waals surface area contributed by atoms with Crippen LogP contribution in [-0.4, -0.2) is 35.4 Å². The lowest BCUT2D eigenvalue weighted by atomic mass is 10.1. The van der Waals surface area contributed by atoms with E-state index in [2.05, 4.69) is 5.32 Å². The maximum atomic E-state index is 13.2. The number of nitrogens with one attached hydrogen (secondary N) is 1. The molecule has 0 heterocycles. The summed E-state index contributed by atoms with van der Waals surface area (Å²) in [7, 11) is 0. The summed E-state index contributed by atoms with van der Waals surface area (Å²) in [4.78, 5) is 27.7. The standard InChI is InChI=1S/C24H31ClN2O3/c1-5-18(4)26-24(29)21(6-2)27(15-19-12-8-7-11-17(19)3)23(28)16-30-22-14-10-9-13-20(22)25/h7-14,18,21H,5-6,15-16H2,1-4H3,(H,26,29)/t18-,21+/m0/s1. The highest BCUT2D eigenvalue weighted by atomic mass is 35.5. The molecule has 30 heavy (non-hydrogen) atoms. The lowest BCUT2D eigenvalue weighted by Crippen LogP contribution is -2.51. The molecule has 2 rings (SSSR count). The highest BCUT2D eigenvalue weighted by Gasteiger charge is 2.29. The molecule has 1 N–H and O–H groups in total. The van der Waals surface area contributed by atoms with Crippen LogP contribution in [-0.2, 0) is 16.1 Å². The molecule has 0 aliphatic rings. The summed E-state index contributed by atoms with van der Waals surface area (Å²) in [6.45, 7) is 8.02. The lowest BCUT2D eigenvalue weighted by molar-refractivity contribution is -0.143. The van der Waals surface area contributed by atoms with Crippen molar-refractivity contribution in [2.45, 2.75) is 59.2 Å². The van der Waals surface area contributed by atoms with Gasteiger partial charge in [-0.15, -0.1) is 0 Å². The molecule has 0 fully saturated rings. The van der Waals surface area contributed by atoms with Crippen LogP contribution in [0.25, 0.3) is 0 Å². The number of carbonyl (C=O) groups is 2. The Morgan fingerprint density at radius 1 is 1.07 bits per heavy atom. The highest BCUT2D eigenvalue weighted by molar-refractivity contribution is 6.32. The van der Waals surface area contributed by atoms with E-state index in [1.807, 2.05) is 52.0 Å². The molecule has 2 amide bonds. The molecule has 0 aliphatic heterocycles. The number of amides is 2. The van der Waals surface area contributed by atoms with Gasteiger partial charge in [-0.2, -0.15) is 0 Å². The van der Waals surface area contributed by atoms with E-state index in [1.54, 1.807) is 29.2 Å². The number of benzene rings is 2. The number of rotatable bonds is 10. The SMILES string of the molecule is CC[C@H](C(=O)N[C@@H](C)CC)N(Cc1ccccc1C)C(=O)COc1ccccc1Cl. The number of para-hydroxylation sites is 1. The zero-order valence-electron chi connectivity index (χ0n) is 18.2. The fraction of sp³-hybridized carbons (Fsp3) is 0.417. The van der Waals surface area contributed by atoms with Crippen molar-refractivity contribution in [1.82, 2.24) is 10.2 Å². The lowest BCUT2D eigenvalue weighted by Gasteiger charge is -2.31. The van der Waals surface area contributed by atoms with Crippen LogP contribution in [0, 0.1) is 6.92 Å². The predicted molar refractivity (Wildman–Crippen MR) is 121 cm³/mol. The average Bonchev–Trinajstić information content (AvgIpc) is 2.74. The van der Waals surface area contributed by atoms with Crippen molar-refractivity contribution in [3.8, 4) is 5.75 Å². The normalized spacial score (nSPS) is 12.7. The first-order valence-electron chi connectivity index (χ1n) is 10.4. The molecule has 0 saturated heterocycles. The Morgan fingerprint density at radius 2 is 1.73 bits per heavy atom. The molecule has 5 nitrogen and oxygen atoms in total. The Bertz CT molecular complexity index is 856. The number of halogens is 1. The van der Waals surface area contributed by atoms with E-state index >= 15 is 0 Å². The second-order valence-electron chi connectivity index (χ2n) is 7.41. The zero-order chi connectivity index (χ0) is 22.1. The molecule has 0 bridgehead atoms. The molecule has 0 aromatic heterocycles. The first-order chi connectivity index (χ1) is 14.4. The van der Waals surface area contributed by atoms with E-state index in [0.29, 0.717) is 23.7 Å². The van der Waals surface area contributed by atoms with Crippen LogP contribution >= 0.6 is 11.6 Å². The number of hydrogen-bond acceptors (Lipinski definition) is 3. The van der Waals surface area contributed by atoms with Gasteiger partial charge in [-0.25, -0.2) is 0 Å². The smallest absolute Gasteiger partial charge is 0.261 e. The molecular formula is C24H31ClN2O3. The van der Waals surface area contributed by atoms with E-state index in [1.165, 1.54) is 0 Å². The third-order valence-electron chi connectivity index (χ3n) is 5.18. The largest absolute Gasteiger partial charge is 0.482 e. The minimum absolute atomic E-state index is 0.0429. The maximum Gasteiger partial charge on any atom is 0.261 e. The van der Waals surface area contributed by atoms with Crippen molar-refractivity contribution >= 4 is 23.4 Å². The number of aryl methyl sites for hydroxylation is 1. The van der Waals surface area contributed by atoms with Crippen molar-refractivity contribution in [3.05, 3.63) is 64.7 Å². The van der Waals surface area contributed by atoms with E-state index in [9.17, 15) is 9.59 Å². The molecular weight excluding hydrogens is 400 g/mol. The van der Waals surface area contributed by atoms with Gasteiger partial charge in [0.2, 0.25) is 5.91 Å². The van der Waals surface area contributed by atoms with E-state index in [4.69, 9.17) is 16.3 Å². The van der Waals surface area contributed by atoms with Crippen LogP contribution in [0.15, 0.2) is 48.5 Å². The Morgan fingerprint density at radius 3 is 2.37 bits per heavy atom. The molecule has 162 valence electrons. The third kappa shape index (κ3) is 6.49. The van der Waals surface area contributed by atoms with Crippen LogP contribution in [0.1, 0.15) is 44.7 Å². The Hall–Kier alpha value is -2.53. The Labute approximate surface area is 184 Å². The molecule has 0 saturated carbocycles. The van der Waals surface area contributed by atoms with Gasteiger partial charge in [0.05, 0.1) is 5.02 Å². The van der Waals surface area contributed by atoms with Gasteiger partial charge in [0.15, 0.2) is 6.61 Å². The molecule has 2 aromatic rings. The molecule has 0 spiro atoms. The maximum absolute atomic E-state index is 13.2. The molecule has 6 heteroatoms. The highest BCUT2D eigenvalue weighted by Crippen LogP contribution is 2.23. The predicted octanol–water partition coefficient (Wildman–Crippen LogP) is 4.75. The van der Waals surface area contributed by atoms with Crippen LogP contribution < -0.4 is 10.1 Å². The molecule has 2 atom stereocenters. The van der Waals surface area contributed by atoms with Crippen LogP contribution in [0.2, 0.25) is 5.02 Å². The summed E-state index contributed by atoms with van der Waals surface area (Å²) in [5, 5.41) is 3.45. The van der Waals surface area contributed by atoms with Gasteiger partial charge in [-0.3, -0.25) is 9.59 Å². The fourth-order valence-electron chi connectivity index (χ4n) is 3.12. The van der Waals surface area contributed by atoms with Crippen molar-refractivity contribution in [1.29, 1.82) is 0 Å². The minimum Gasteiger partial charge on any atom is -0.482 e. The summed E-state index contributed by atoms with van der Waals surface area (Å²) in [5.41, 5.74) is 2.07. The molecule has 0 radical (unpaired) electrons. The van der Waals surface area contributed by atoms with Gasteiger partial charge in [-0.1, -0.05) is 61.8 Å². The first kappa shape index (κ1) is 23.7. The summed E-state index contributed by atoms with van der Waals surface area (Å²) >= 11 is 6.14. The van der Waals surface area contributed by atoms with E-state index < -0.39 is 6.04 Å². The summed E-state index contributed by atoms with van der Waals surface area (Å²) in [6, 6.07) is 14.3. The Balaban J connectivity index is 2.24. The second-order valence-corrected chi connectivity index (χ2v) is 7.82. The van der Waals surface area contributed by atoms with Gasteiger partial charge in [-0.05, 0) is 49.9 Å². The van der Waals surface area contributed by atoms with Crippen molar-refractivity contribution < 1.29 is 14.3 Å².